The molecule has 2 aliphatic heterocycles. The first kappa shape index (κ1) is 30.4. The molecule has 2 saturated carbocycles. The number of pyridine rings is 1. The maximum absolute atomic E-state index is 17.0. The predicted octanol–water partition coefficient (Wildman–Crippen LogP) is 7.41. The summed E-state index contributed by atoms with van der Waals surface area (Å²) in [7, 11) is 0. The Labute approximate surface area is 269 Å². The highest BCUT2D eigenvalue weighted by Crippen LogP contribution is 2.50. The number of amides is 1. The number of carbonyl (C=O) groups is 1. The van der Waals surface area contributed by atoms with E-state index < -0.39 is 29.5 Å². The number of aromatic nitrogens is 2. The second kappa shape index (κ2) is 11.2. The van der Waals surface area contributed by atoms with E-state index in [1.165, 1.54) is 0 Å². The minimum atomic E-state index is -1.86. The van der Waals surface area contributed by atoms with Crippen LogP contribution in [0.25, 0.3) is 32.9 Å². The number of carbonyl (C=O) groups excluding carboxylic acids is 1. The van der Waals surface area contributed by atoms with Crippen molar-refractivity contribution in [2.24, 2.45) is 5.92 Å². The van der Waals surface area contributed by atoms with E-state index in [0.717, 1.165) is 18.7 Å². The van der Waals surface area contributed by atoms with Crippen LogP contribution < -0.4 is 10.6 Å². The van der Waals surface area contributed by atoms with E-state index >= 15 is 8.78 Å². The van der Waals surface area contributed by atoms with Crippen LogP contribution in [0.5, 0.6) is 0 Å². The van der Waals surface area contributed by atoms with Crippen molar-refractivity contribution in [2.75, 3.05) is 6.54 Å². The molecule has 11 heteroatoms. The Morgan fingerprint density at radius 1 is 1.29 bits per heavy atom. The summed E-state index contributed by atoms with van der Waals surface area (Å²) in [4.78, 5) is 17.7. The zero-order valence-electron chi connectivity index (χ0n) is 24.9. The van der Waals surface area contributed by atoms with Crippen LogP contribution in [-0.2, 0) is 11.2 Å². The first-order valence-corrected chi connectivity index (χ1v) is 16.2. The molecule has 4 aliphatic rings. The van der Waals surface area contributed by atoms with Gasteiger partial charge in [-0.3, -0.25) is 4.79 Å². The molecule has 234 valence electrons. The molecule has 2 bridgehead atoms. The number of rotatable bonds is 8. The molecule has 4 aromatic rings. The van der Waals surface area contributed by atoms with Gasteiger partial charge >= 0.3 is 0 Å². The van der Waals surface area contributed by atoms with E-state index in [4.69, 9.17) is 28.2 Å². The Bertz CT molecular complexity index is 1900. The first-order valence-electron chi connectivity index (χ1n) is 15.5. The normalized spacial score (nSPS) is 22.9. The van der Waals surface area contributed by atoms with Crippen molar-refractivity contribution in [2.45, 2.75) is 82.3 Å². The molecule has 0 radical (unpaired) electrons. The van der Waals surface area contributed by atoms with E-state index in [-0.39, 0.29) is 58.9 Å². The number of nitriles is 1. The van der Waals surface area contributed by atoms with Gasteiger partial charge in [-0.05, 0) is 75.6 Å². The van der Waals surface area contributed by atoms with E-state index in [9.17, 15) is 15.2 Å². The third kappa shape index (κ3) is 4.72. The molecule has 2 aliphatic carbocycles. The summed E-state index contributed by atoms with van der Waals surface area (Å²) in [6.07, 6.45) is 1.44. The summed E-state index contributed by atoms with van der Waals surface area (Å²) >= 11 is 12.9. The van der Waals surface area contributed by atoms with Crippen molar-refractivity contribution in [3.8, 4) is 17.2 Å². The van der Waals surface area contributed by atoms with Crippen LogP contribution in [0.4, 0.5) is 8.78 Å². The number of aliphatic hydroxyl groups is 1. The first-order chi connectivity index (χ1) is 21.5. The Morgan fingerprint density at radius 2 is 2.07 bits per heavy atom. The van der Waals surface area contributed by atoms with Crippen LogP contribution >= 0.6 is 23.2 Å². The van der Waals surface area contributed by atoms with Gasteiger partial charge in [-0.1, -0.05) is 35.3 Å². The van der Waals surface area contributed by atoms with Crippen LogP contribution in [0, 0.1) is 23.1 Å². The number of hydrogen-bond acceptors (Lipinski definition) is 5. The minimum absolute atomic E-state index is 0.0139. The quantitative estimate of drug-likeness (QED) is 0.184. The second-order valence-electron chi connectivity index (χ2n) is 12.8. The molecule has 0 spiro atoms. The maximum atomic E-state index is 17.0. The average Bonchev–Trinajstić information content (AvgIpc) is 3.72. The number of aliphatic hydroxyl groups excluding tert-OH is 1. The van der Waals surface area contributed by atoms with Crippen molar-refractivity contribution < 1.29 is 18.7 Å². The molecule has 7 nitrogen and oxygen atoms in total. The monoisotopic (exact) mass is 651 g/mol. The fourth-order valence-corrected chi connectivity index (χ4v) is 7.88. The van der Waals surface area contributed by atoms with Crippen LogP contribution in [0.1, 0.15) is 81.1 Å². The maximum Gasteiger partial charge on any atom is 0.258 e. The molecule has 2 aromatic heterocycles. The van der Waals surface area contributed by atoms with Gasteiger partial charge in [-0.25, -0.2) is 13.8 Å². The number of halogens is 4. The molecular formula is C34H33Cl2F2N5O2. The molecule has 4 heterocycles. The third-order valence-electron chi connectivity index (χ3n) is 10.0. The van der Waals surface area contributed by atoms with Crippen molar-refractivity contribution in [3.63, 3.8) is 0 Å². The Balaban J connectivity index is 1.52. The number of aryl methyl sites for hydroxylation is 1. The molecule has 3 N–H and O–H groups in total. The van der Waals surface area contributed by atoms with E-state index in [0.29, 0.717) is 45.4 Å². The third-order valence-corrected chi connectivity index (χ3v) is 10.8. The summed E-state index contributed by atoms with van der Waals surface area (Å²) < 4.78 is 34.2. The number of hydrogen-bond donors (Lipinski definition) is 3. The van der Waals surface area contributed by atoms with Gasteiger partial charge in [-0.2, -0.15) is 5.26 Å². The van der Waals surface area contributed by atoms with E-state index in [1.807, 2.05) is 19.1 Å². The van der Waals surface area contributed by atoms with E-state index in [1.54, 1.807) is 25.1 Å². The molecule has 8 rings (SSSR count). The summed E-state index contributed by atoms with van der Waals surface area (Å²) in [6.45, 7) is 4.24. The number of fused-ring (bicyclic) bond motifs is 4. The lowest BCUT2D eigenvalue weighted by atomic mass is 9.79. The van der Waals surface area contributed by atoms with Gasteiger partial charge < -0.3 is 20.3 Å². The van der Waals surface area contributed by atoms with Gasteiger partial charge in [-0.15, -0.1) is 0 Å². The number of nitrogens with zero attached hydrogens (tertiary/aromatic N) is 3. The van der Waals surface area contributed by atoms with Crippen molar-refractivity contribution in [1.82, 2.24) is 20.2 Å². The highest BCUT2D eigenvalue weighted by atomic mass is 35.5. The molecule has 2 saturated heterocycles. The minimum Gasteiger partial charge on any atom is -0.387 e. The topological polar surface area (TPSA) is 103 Å². The van der Waals surface area contributed by atoms with E-state index in [2.05, 4.69) is 21.3 Å². The Morgan fingerprint density at radius 3 is 2.69 bits per heavy atom. The zero-order valence-corrected chi connectivity index (χ0v) is 26.4. The van der Waals surface area contributed by atoms with Gasteiger partial charge in [0.05, 0.1) is 45.5 Å². The fourth-order valence-electron chi connectivity index (χ4n) is 7.48. The number of benzene rings is 2. The van der Waals surface area contributed by atoms with Crippen molar-refractivity contribution in [3.05, 3.63) is 63.1 Å². The van der Waals surface area contributed by atoms with Crippen LogP contribution in [-0.4, -0.2) is 38.8 Å². The Kier molecular flexibility index (Phi) is 7.56. The molecule has 1 amide bonds. The largest absolute Gasteiger partial charge is 0.387 e. The zero-order chi connectivity index (χ0) is 31.8. The lowest BCUT2D eigenvalue weighted by Gasteiger charge is -2.39. The van der Waals surface area contributed by atoms with Crippen LogP contribution in [0.3, 0.4) is 0 Å². The lowest BCUT2D eigenvalue weighted by molar-refractivity contribution is -0.139. The number of nitrogens with one attached hydrogen (secondary N) is 2. The average molecular weight is 653 g/mol. The summed E-state index contributed by atoms with van der Waals surface area (Å²) in [6, 6.07) is 10.6. The van der Waals surface area contributed by atoms with Crippen LogP contribution in [0.2, 0.25) is 10.0 Å². The molecule has 2 aromatic carbocycles. The SMILES string of the molecule is CC(O)c1nc2c(F)c(-c3cccc(Cl)c3Cl)c(CCC#N)cc2c2c1cc([C@@H](C)NC(=O)C1(F)CCC1)n2[C@H]1[C@H]2CN[C@@H]1C2. The Hall–Kier alpha value is -3.29. The van der Waals surface area contributed by atoms with Gasteiger partial charge in [0.25, 0.3) is 5.91 Å². The van der Waals surface area contributed by atoms with Gasteiger partial charge in [0, 0.05) is 46.6 Å². The summed E-state index contributed by atoms with van der Waals surface area (Å²) in [5.74, 6) is -0.931. The fraction of sp³-hybridized carbons (Fsp3) is 0.441. The van der Waals surface area contributed by atoms with Crippen molar-refractivity contribution >= 4 is 50.9 Å². The van der Waals surface area contributed by atoms with Gasteiger partial charge in [0.15, 0.2) is 11.5 Å². The molecule has 1 unspecified atom stereocenters. The summed E-state index contributed by atoms with van der Waals surface area (Å²) in [5, 5.41) is 28.5. The highest BCUT2D eigenvalue weighted by molar-refractivity contribution is 6.43. The van der Waals surface area contributed by atoms with Crippen LogP contribution in [0.15, 0.2) is 30.3 Å². The predicted molar refractivity (Wildman–Crippen MR) is 170 cm³/mol. The van der Waals surface area contributed by atoms with Gasteiger partial charge in [0.2, 0.25) is 0 Å². The lowest BCUT2D eigenvalue weighted by Crippen LogP contribution is -2.49. The molecule has 45 heavy (non-hydrogen) atoms. The van der Waals surface area contributed by atoms with Gasteiger partial charge in [0.1, 0.15) is 5.52 Å². The number of alkyl halides is 1. The smallest absolute Gasteiger partial charge is 0.258 e. The standard InChI is InChI=1S/C34H33Cl2F2N5O2/c1-16(41-33(45)34(38)9-5-10-34)25-14-22-29(17(2)44)42-30-21(32(22)43(25)31-19-13-24(31)40-15-19)12-18(6-4-11-39)26(28(30)37)20-7-3-8-23(35)27(20)36/h3,7-8,12,14,16-17,19,24,31,40,44H,4-6,9-10,13,15H2,1-2H3,(H,41,45)/t16-,17?,19-,24-,31+/m1/s1. The molecule has 4 fully saturated rings. The summed E-state index contributed by atoms with van der Waals surface area (Å²) in [5.41, 5.74) is 1.10. The highest BCUT2D eigenvalue weighted by Gasteiger charge is 2.50. The molecule has 5 atom stereocenters. The second-order valence-corrected chi connectivity index (χ2v) is 13.6. The molecular weight excluding hydrogens is 619 g/mol. The van der Waals surface area contributed by atoms with Crippen molar-refractivity contribution in [1.29, 1.82) is 5.26 Å².